The number of ether oxygens (including phenoxy) is 2. The number of halogens is 2. The summed E-state index contributed by atoms with van der Waals surface area (Å²) < 4.78 is 24.9. The van der Waals surface area contributed by atoms with Gasteiger partial charge in [-0.1, -0.05) is 18.2 Å². The van der Waals surface area contributed by atoms with Crippen molar-refractivity contribution in [1.29, 1.82) is 0 Å². The zero-order valence-electron chi connectivity index (χ0n) is 18.4. The first kappa shape index (κ1) is 25.1. The highest BCUT2D eigenvalue weighted by atomic mass is 127. The number of fused-ring (bicyclic) bond motifs is 1. The molecular formula is C24H31FIN3O2S. The van der Waals surface area contributed by atoms with Crippen LogP contribution in [0.5, 0.6) is 5.75 Å². The summed E-state index contributed by atoms with van der Waals surface area (Å²) in [6.07, 6.45) is 1.81. The maximum absolute atomic E-state index is 14.0. The van der Waals surface area contributed by atoms with E-state index in [1.54, 1.807) is 6.07 Å². The van der Waals surface area contributed by atoms with Crippen LogP contribution in [0.15, 0.2) is 52.4 Å². The van der Waals surface area contributed by atoms with Crippen LogP contribution in [-0.4, -0.2) is 49.6 Å². The van der Waals surface area contributed by atoms with Crippen molar-refractivity contribution in [2.75, 3.05) is 38.7 Å². The lowest BCUT2D eigenvalue weighted by Crippen LogP contribution is -2.40. The minimum absolute atomic E-state index is 0. The van der Waals surface area contributed by atoms with Crippen molar-refractivity contribution in [2.24, 2.45) is 10.9 Å². The van der Waals surface area contributed by atoms with Gasteiger partial charge in [0.15, 0.2) is 12.8 Å². The third-order valence-electron chi connectivity index (χ3n) is 5.54. The van der Waals surface area contributed by atoms with Crippen LogP contribution in [0.2, 0.25) is 0 Å². The van der Waals surface area contributed by atoms with Crippen molar-refractivity contribution in [3.63, 3.8) is 0 Å². The van der Waals surface area contributed by atoms with Crippen molar-refractivity contribution in [3.05, 3.63) is 59.4 Å². The van der Waals surface area contributed by atoms with E-state index >= 15 is 0 Å². The van der Waals surface area contributed by atoms with Crippen molar-refractivity contribution in [1.82, 2.24) is 10.2 Å². The van der Waals surface area contributed by atoms with E-state index in [1.807, 2.05) is 11.8 Å². The van der Waals surface area contributed by atoms with Gasteiger partial charge in [0.25, 0.3) is 0 Å². The van der Waals surface area contributed by atoms with Gasteiger partial charge in [0.05, 0.1) is 6.61 Å². The van der Waals surface area contributed by atoms with Gasteiger partial charge >= 0.3 is 0 Å². The second-order valence-corrected chi connectivity index (χ2v) is 8.97. The molecule has 0 spiro atoms. The Hall–Kier alpha value is -1.52. The van der Waals surface area contributed by atoms with Crippen molar-refractivity contribution >= 4 is 41.7 Å². The van der Waals surface area contributed by atoms with E-state index in [0.717, 1.165) is 48.2 Å². The number of rotatable bonds is 7. The standard InChI is InChI=1S/C24H30FN3O2S.HI/c1-2-26-24(28-11-9-18(14-28)16-31-22-6-4-3-5-7-22)27-10-8-19-12-21(25)13-20-15-29-17-30-23(19)20;/h3-7,12-13,18H,2,8-11,14-17H2,1H3,(H,26,27);1H. The first-order chi connectivity index (χ1) is 15.2. The maximum Gasteiger partial charge on any atom is 0.193 e. The molecule has 0 radical (unpaired) electrons. The third-order valence-corrected chi connectivity index (χ3v) is 6.79. The summed E-state index contributed by atoms with van der Waals surface area (Å²) in [5.74, 6) is 3.22. The number of hydrogen-bond donors (Lipinski definition) is 1. The Morgan fingerprint density at radius 3 is 2.94 bits per heavy atom. The Morgan fingerprint density at radius 1 is 1.28 bits per heavy atom. The second-order valence-electron chi connectivity index (χ2n) is 7.87. The lowest BCUT2D eigenvalue weighted by atomic mass is 10.1. The molecule has 4 rings (SSSR count). The SMILES string of the molecule is CCNC(=NCCc1cc(F)cc2c1OCOC2)N1CCC(CSc2ccccc2)C1.I. The third kappa shape index (κ3) is 6.74. The number of hydrogen-bond acceptors (Lipinski definition) is 4. The molecule has 1 fully saturated rings. The van der Waals surface area contributed by atoms with E-state index in [2.05, 4.69) is 47.5 Å². The number of aliphatic imine (C=N–C) groups is 1. The molecule has 0 saturated carbocycles. The predicted octanol–water partition coefficient (Wildman–Crippen LogP) is 4.93. The van der Waals surface area contributed by atoms with Gasteiger partial charge in [-0.05, 0) is 55.5 Å². The number of benzene rings is 2. The average molecular weight is 572 g/mol. The van der Waals surface area contributed by atoms with Crippen LogP contribution in [-0.2, 0) is 17.8 Å². The average Bonchev–Trinajstić information content (AvgIpc) is 3.26. The van der Waals surface area contributed by atoms with Crippen LogP contribution in [0, 0.1) is 11.7 Å². The summed E-state index contributed by atoms with van der Waals surface area (Å²) in [5, 5.41) is 3.42. The van der Waals surface area contributed by atoms with Gasteiger partial charge in [0.1, 0.15) is 11.6 Å². The lowest BCUT2D eigenvalue weighted by molar-refractivity contribution is -0.0172. The smallest absolute Gasteiger partial charge is 0.193 e. The highest BCUT2D eigenvalue weighted by Gasteiger charge is 2.25. The van der Waals surface area contributed by atoms with Crippen LogP contribution in [0.25, 0.3) is 0 Å². The van der Waals surface area contributed by atoms with Crippen LogP contribution < -0.4 is 10.1 Å². The molecular weight excluding hydrogens is 540 g/mol. The zero-order valence-corrected chi connectivity index (χ0v) is 21.5. The molecule has 8 heteroatoms. The first-order valence-corrected chi connectivity index (χ1v) is 11.9. The molecule has 0 aromatic heterocycles. The summed E-state index contributed by atoms with van der Waals surface area (Å²) in [5.41, 5.74) is 1.63. The molecule has 2 aliphatic rings. The number of thioether (sulfide) groups is 1. The number of guanidine groups is 1. The molecule has 1 unspecified atom stereocenters. The molecule has 0 amide bonds. The normalized spacial score (nSPS) is 18.0. The summed E-state index contributed by atoms with van der Waals surface area (Å²) in [7, 11) is 0. The van der Waals surface area contributed by atoms with E-state index < -0.39 is 0 Å². The van der Waals surface area contributed by atoms with Gasteiger partial charge < -0.3 is 19.7 Å². The summed E-state index contributed by atoms with van der Waals surface area (Å²) in [6, 6.07) is 13.6. The Morgan fingerprint density at radius 2 is 2.12 bits per heavy atom. The fourth-order valence-electron chi connectivity index (χ4n) is 4.04. The highest BCUT2D eigenvalue weighted by Crippen LogP contribution is 2.30. The van der Waals surface area contributed by atoms with Gasteiger partial charge in [0, 0.05) is 42.4 Å². The quantitative estimate of drug-likeness (QED) is 0.221. The van der Waals surface area contributed by atoms with Crippen molar-refractivity contribution < 1.29 is 13.9 Å². The zero-order chi connectivity index (χ0) is 21.5. The van der Waals surface area contributed by atoms with E-state index in [0.29, 0.717) is 25.5 Å². The Bertz CT molecular complexity index is 900. The van der Waals surface area contributed by atoms with Gasteiger partial charge in [-0.25, -0.2) is 4.39 Å². The van der Waals surface area contributed by atoms with E-state index in [9.17, 15) is 4.39 Å². The number of nitrogens with one attached hydrogen (secondary N) is 1. The fraction of sp³-hybridized carbons (Fsp3) is 0.458. The molecule has 1 N–H and O–H groups in total. The molecule has 1 saturated heterocycles. The fourth-order valence-corrected chi connectivity index (χ4v) is 5.09. The van der Waals surface area contributed by atoms with Crippen molar-refractivity contribution in [2.45, 2.75) is 31.3 Å². The van der Waals surface area contributed by atoms with Crippen LogP contribution in [0.4, 0.5) is 4.39 Å². The van der Waals surface area contributed by atoms with Crippen LogP contribution in [0.1, 0.15) is 24.5 Å². The van der Waals surface area contributed by atoms with Crippen LogP contribution >= 0.6 is 35.7 Å². The summed E-state index contributed by atoms with van der Waals surface area (Å²) >= 11 is 1.93. The Balaban J connectivity index is 0.00000289. The van der Waals surface area contributed by atoms with E-state index in [-0.39, 0.29) is 36.6 Å². The first-order valence-electron chi connectivity index (χ1n) is 11.0. The molecule has 1 atom stereocenters. The number of likely N-dealkylation sites (tertiary alicyclic amines) is 1. The molecule has 2 aromatic carbocycles. The summed E-state index contributed by atoms with van der Waals surface area (Å²) in [4.78, 5) is 8.52. The van der Waals surface area contributed by atoms with Gasteiger partial charge in [0.2, 0.25) is 0 Å². The predicted molar refractivity (Wildman–Crippen MR) is 139 cm³/mol. The maximum atomic E-state index is 14.0. The lowest BCUT2D eigenvalue weighted by Gasteiger charge is -2.22. The minimum atomic E-state index is -0.253. The molecule has 32 heavy (non-hydrogen) atoms. The Labute approximate surface area is 211 Å². The largest absolute Gasteiger partial charge is 0.467 e. The molecule has 0 bridgehead atoms. The minimum Gasteiger partial charge on any atom is -0.467 e. The number of nitrogens with zero attached hydrogens (tertiary/aromatic N) is 2. The van der Waals surface area contributed by atoms with Gasteiger partial charge in [-0.3, -0.25) is 4.99 Å². The molecule has 0 aliphatic carbocycles. The van der Waals surface area contributed by atoms with Crippen molar-refractivity contribution in [3.8, 4) is 5.75 Å². The highest BCUT2D eigenvalue weighted by molar-refractivity contribution is 14.0. The van der Waals surface area contributed by atoms with Gasteiger partial charge in [-0.15, -0.1) is 35.7 Å². The van der Waals surface area contributed by atoms with E-state index in [4.69, 9.17) is 14.5 Å². The van der Waals surface area contributed by atoms with E-state index in [1.165, 1.54) is 17.4 Å². The molecule has 174 valence electrons. The monoisotopic (exact) mass is 571 g/mol. The van der Waals surface area contributed by atoms with Gasteiger partial charge in [-0.2, -0.15) is 0 Å². The van der Waals surface area contributed by atoms with Crippen LogP contribution in [0.3, 0.4) is 0 Å². The molecule has 2 aliphatic heterocycles. The second kappa shape index (κ2) is 12.6. The molecule has 2 heterocycles. The topological polar surface area (TPSA) is 46.1 Å². The molecule has 2 aromatic rings. The Kier molecular flexibility index (Phi) is 9.92. The molecule has 5 nitrogen and oxygen atoms in total. The summed E-state index contributed by atoms with van der Waals surface area (Å²) in [6.45, 7) is 6.14.